The molecule has 0 spiro atoms. The van der Waals surface area contributed by atoms with E-state index in [9.17, 15) is 9.59 Å². The van der Waals surface area contributed by atoms with E-state index in [1.165, 1.54) is 0 Å². The summed E-state index contributed by atoms with van der Waals surface area (Å²) in [6, 6.07) is 4.78. The molecule has 2 rings (SSSR count). The molecule has 2 amide bonds. The number of rotatable bonds is 5. The van der Waals surface area contributed by atoms with Gasteiger partial charge >= 0.3 is 12.0 Å². The predicted molar refractivity (Wildman–Crippen MR) is 81.7 cm³/mol. The van der Waals surface area contributed by atoms with E-state index < -0.39 is 17.5 Å². The summed E-state index contributed by atoms with van der Waals surface area (Å²) in [4.78, 5) is 22.9. The maximum atomic E-state index is 12.0. The fraction of sp³-hybridized carbons (Fsp3) is 0.429. The summed E-state index contributed by atoms with van der Waals surface area (Å²) in [6.07, 6.45) is 2.27. The molecule has 1 saturated carbocycles. The van der Waals surface area contributed by atoms with E-state index in [1.54, 1.807) is 25.3 Å². The summed E-state index contributed by atoms with van der Waals surface area (Å²) in [7, 11) is 1.56. The number of carbonyl (C=O) groups is 2. The van der Waals surface area contributed by atoms with Crippen LogP contribution in [0, 0.1) is 0 Å². The third-order valence-electron chi connectivity index (χ3n) is 3.59. The van der Waals surface area contributed by atoms with Gasteiger partial charge in [-0.25, -0.2) is 4.79 Å². The van der Waals surface area contributed by atoms with Gasteiger partial charge in [-0.3, -0.25) is 4.79 Å². The van der Waals surface area contributed by atoms with E-state index in [1.807, 2.05) is 0 Å². The lowest BCUT2D eigenvalue weighted by atomic mass is 9.74. The van der Waals surface area contributed by atoms with Crippen molar-refractivity contribution in [1.29, 1.82) is 0 Å². The predicted octanol–water partition coefficient (Wildman–Crippen LogP) is 2.98. The number of carboxylic acids is 1. The van der Waals surface area contributed by atoms with Crippen LogP contribution in [0.2, 0.25) is 0 Å². The van der Waals surface area contributed by atoms with Crippen LogP contribution >= 0.6 is 15.9 Å². The number of hydrogen-bond acceptors (Lipinski definition) is 3. The number of nitrogens with one attached hydrogen (secondary N) is 2. The first-order valence-corrected chi connectivity index (χ1v) is 7.38. The molecule has 1 aromatic carbocycles. The van der Waals surface area contributed by atoms with Crippen LogP contribution in [0.5, 0.6) is 5.75 Å². The highest BCUT2D eigenvalue weighted by molar-refractivity contribution is 9.10. The Morgan fingerprint density at radius 3 is 2.62 bits per heavy atom. The molecule has 1 aliphatic rings. The van der Waals surface area contributed by atoms with Crippen molar-refractivity contribution < 1.29 is 19.4 Å². The normalized spacial score (nSPS) is 15.7. The van der Waals surface area contributed by atoms with Gasteiger partial charge in [0.1, 0.15) is 5.75 Å². The Morgan fingerprint density at radius 1 is 1.43 bits per heavy atom. The summed E-state index contributed by atoms with van der Waals surface area (Å²) >= 11 is 3.34. The van der Waals surface area contributed by atoms with E-state index in [2.05, 4.69) is 26.6 Å². The van der Waals surface area contributed by atoms with Gasteiger partial charge in [0.15, 0.2) is 0 Å². The molecular weight excluding hydrogens is 340 g/mol. The highest BCUT2D eigenvalue weighted by atomic mass is 79.9. The number of amides is 2. The number of anilines is 1. The molecule has 0 bridgehead atoms. The molecule has 0 aliphatic heterocycles. The molecule has 7 heteroatoms. The molecule has 114 valence electrons. The van der Waals surface area contributed by atoms with Crippen LogP contribution in [0.4, 0.5) is 10.5 Å². The Hall–Kier alpha value is -1.76. The number of halogens is 1. The first-order valence-electron chi connectivity index (χ1n) is 6.59. The highest BCUT2D eigenvalue weighted by Gasteiger charge is 2.40. The summed E-state index contributed by atoms with van der Waals surface area (Å²) < 4.78 is 5.84. The van der Waals surface area contributed by atoms with Crippen molar-refractivity contribution in [2.45, 2.75) is 31.2 Å². The zero-order valence-corrected chi connectivity index (χ0v) is 13.2. The minimum absolute atomic E-state index is 0.0489. The van der Waals surface area contributed by atoms with Gasteiger partial charge in [0, 0.05) is 5.69 Å². The average molecular weight is 357 g/mol. The second kappa shape index (κ2) is 6.34. The van der Waals surface area contributed by atoms with Crippen molar-refractivity contribution in [2.24, 2.45) is 0 Å². The molecule has 0 heterocycles. The molecule has 0 unspecified atom stereocenters. The molecule has 0 saturated heterocycles. The van der Waals surface area contributed by atoms with E-state index in [0.717, 1.165) is 10.9 Å². The fourth-order valence-electron chi connectivity index (χ4n) is 2.39. The van der Waals surface area contributed by atoms with Crippen LogP contribution in [0.25, 0.3) is 0 Å². The largest absolute Gasteiger partial charge is 0.496 e. The molecular formula is C14H17BrN2O4. The first kappa shape index (κ1) is 15.6. The van der Waals surface area contributed by atoms with Gasteiger partial charge in [0.05, 0.1) is 23.5 Å². The summed E-state index contributed by atoms with van der Waals surface area (Å²) in [5.74, 6) is -0.232. The van der Waals surface area contributed by atoms with E-state index in [0.29, 0.717) is 24.3 Å². The van der Waals surface area contributed by atoms with Gasteiger partial charge in [0.2, 0.25) is 0 Å². The zero-order valence-electron chi connectivity index (χ0n) is 11.6. The fourth-order valence-corrected chi connectivity index (χ4v) is 2.93. The van der Waals surface area contributed by atoms with Gasteiger partial charge in [-0.15, -0.1) is 0 Å². The van der Waals surface area contributed by atoms with Crippen LogP contribution in [0.1, 0.15) is 25.7 Å². The number of carbonyl (C=O) groups excluding carboxylic acids is 1. The Bertz CT molecular complexity index is 558. The van der Waals surface area contributed by atoms with Gasteiger partial charge < -0.3 is 20.5 Å². The lowest BCUT2D eigenvalue weighted by Crippen LogP contribution is -2.55. The molecule has 0 radical (unpaired) electrons. The van der Waals surface area contributed by atoms with Gasteiger partial charge in [-0.05, 0) is 53.4 Å². The smallest absolute Gasteiger partial charge is 0.319 e. The van der Waals surface area contributed by atoms with Crippen molar-refractivity contribution >= 4 is 33.6 Å². The topological polar surface area (TPSA) is 87.7 Å². The summed E-state index contributed by atoms with van der Waals surface area (Å²) in [5.41, 5.74) is -0.00966. The average Bonchev–Trinajstić information content (AvgIpc) is 2.35. The molecule has 21 heavy (non-hydrogen) atoms. The van der Waals surface area contributed by atoms with Gasteiger partial charge in [-0.1, -0.05) is 0 Å². The lowest BCUT2D eigenvalue weighted by molar-refractivity contribution is -0.139. The Kier molecular flexibility index (Phi) is 4.72. The molecule has 3 N–H and O–H groups in total. The standard InChI is InChI=1S/C14H17BrN2O4/c1-21-11-4-3-9(7-10(11)15)16-13(20)17-14(5-2-6-14)8-12(18)19/h3-4,7H,2,5-6,8H2,1H3,(H,18,19)(H2,16,17,20). The van der Waals surface area contributed by atoms with Crippen LogP contribution in [-0.4, -0.2) is 29.8 Å². The SMILES string of the molecule is COc1ccc(NC(=O)NC2(CC(=O)O)CCC2)cc1Br. The van der Waals surface area contributed by atoms with Gasteiger partial charge in [-0.2, -0.15) is 0 Å². The monoisotopic (exact) mass is 356 g/mol. The minimum Gasteiger partial charge on any atom is -0.496 e. The molecule has 0 aromatic heterocycles. The number of carboxylic acid groups (broad SMARTS) is 1. The summed E-state index contributed by atoms with van der Waals surface area (Å²) in [5, 5.41) is 14.4. The summed E-state index contributed by atoms with van der Waals surface area (Å²) in [6.45, 7) is 0. The third kappa shape index (κ3) is 3.87. The Balaban J connectivity index is 1.98. The van der Waals surface area contributed by atoms with E-state index >= 15 is 0 Å². The van der Waals surface area contributed by atoms with Crippen molar-refractivity contribution in [1.82, 2.24) is 5.32 Å². The number of urea groups is 1. The number of ether oxygens (including phenoxy) is 1. The van der Waals surface area contributed by atoms with Crippen LogP contribution in [0.15, 0.2) is 22.7 Å². The van der Waals surface area contributed by atoms with E-state index in [-0.39, 0.29) is 6.42 Å². The van der Waals surface area contributed by atoms with Crippen LogP contribution in [-0.2, 0) is 4.79 Å². The quantitative estimate of drug-likeness (QED) is 0.756. The van der Waals surface area contributed by atoms with Crippen molar-refractivity contribution in [2.75, 3.05) is 12.4 Å². The van der Waals surface area contributed by atoms with Gasteiger partial charge in [0.25, 0.3) is 0 Å². The number of hydrogen-bond donors (Lipinski definition) is 3. The third-order valence-corrected chi connectivity index (χ3v) is 4.21. The minimum atomic E-state index is -0.901. The number of benzene rings is 1. The molecule has 0 atom stereocenters. The lowest BCUT2D eigenvalue weighted by Gasteiger charge is -2.41. The number of methoxy groups -OCH3 is 1. The molecule has 1 fully saturated rings. The second-order valence-corrected chi connectivity index (χ2v) is 5.99. The zero-order chi connectivity index (χ0) is 15.5. The molecule has 1 aliphatic carbocycles. The van der Waals surface area contributed by atoms with Crippen LogP contribution in [0.3, 0.4) is 0 Å². The maximum Gasteiger partial charge on any atom is 0.319 e. The molecule has 1 aromatic rings. The molecule has 6 nitrogen and oxygen atoms in total. The van der Waals surface area contributed by atoms with Crippen molar-refractivity contribution in [3.8, 4) is 5.75 Å². The Labute approximate surface area is 131 Å². The maximum absolute atomic E-state index is 12.0. The number of aliphatic carboxylic acids is 1. The van der Waals surface area contributed by atoms with E-state index in [4.69, 9.17) is 9.84 Å². The highest BCUT2D eigenvalue weighted by Crippen LogP contribution is 2.35. The Morgan fingerprint density at radius 2 is 2.14 bits per heavy atom. The van der Waals surface area contributed by atoms with Crippen LogP contribution < -0.4 is 15.4 Å². The second-order valence-electron chi connectivity index (χ2n) is 5.13. The first-order chi connectivity index (χ1) is 9.94. The van der Waals surface area contributed by atoms with Crippen molar-refractivity contribution in [3.05, 3.63) is 22.7 Å². The van der Waals surface area contributed by atoms with Crippen molar-refractivity contribution in [3.63, 3.8) is 0 Å².